The van der Waals surface area contributed by atoms with E-state index in [4.69, 9.17) is 5.73 Å². The van der Waals surface area contributed by atoms with Gasteiger partial charge in [-0.3, -0.25) is 9.80 Å². The number of aryl methyl sites for hydroxylation is 1. The van der Waals surface area contributed by atoms with Crippen molar-refractivity contribution in [3.05, 3.63) is 47.4 Å². The molecular weight excluding hydrogens is 333 g/mol. The summed E-state index contributed by atoms with van der Waals surface area (Å²) >= 11 is 0. The average Bonchev–Trinajstić information content (AvgIpc) is 3.01. The van der Waals surface area contributed by atoms with Crippen LogP contribution < -0.4 is 15.5 Å². The minimum absolute atomic E-state index is 0.0305. The number of carbonyl (C=O) groups is 1. The molecule has 2 N–H and O–H groups in total. The maximum absolute atomic E-state index is 14.6. The number of hydrogen-bond donors (Lipinski definition) is 1. The second-order valence-corrected chi connectivity index (χ2v) is 7.09. The first-order valence-electron chi connectivity index (χ1n) is 8.74. The van der Waals surface area contributed by atoms with Crippen LogP contribution in [0.2, 0.25) is 0 Å². The van der Waals surface area contributed by atoms with Crippen molar-refractivity contribution in [1.82, 2.24) is 9.88 Å². The number of aromatic nitrogens is 1. The van der Waals surface area contributed by atoms with Gasteiger partial charge in [-0.15, -0.1) is 0 Å². The quantitative estimate of drug-likeness (QED) is 0.900. The van der Waals surface area contributed by atoms with Gasteiger partial charge in [0.1, 0.15) is 11.6 Å². The molecule has 2 aliphatic heterocycles. The Kier molecular flexibility index (Phi) is 4.03. The molecule has 1 saturated heterocycles. The topological polar surface area (TPSA) is 65.7 Å². The molecule has 0 radical (unpaired) electrons. The van der Waals surface area contributed by atoms with Gasteiger partial charge in [0, 0.05) is 24.4 Å². The van der Waals surface area contributed by atoms with Crippen LogP contribution in [0.3, 0.4) is 0 Å². The van der Waals surface area contributed by atoms with Crippen LogP contribution in [-0.2, 0) is 6.54 Å². The predicted octanol–water partition coefficient (Wildman–Crippen LogP) is 2.76. The number of benzene rings is 1. The summed E-state index contributed by atoms with van der Waals surface area (Å²) < 4.78 is 14.6. The van der Waals surface area contributed by atoms with Crippen molar-refractivity contribution in [2.24, 2.45) is 0 Å². The van der Waals surface area contributed by atoms with Gasteiger partial charge in [0.2, 0.25) is 0 Å². The monoisotopic (exact) mass is 355 g/mol. The van der Waals surface area contributed by atoms with E-state index in [0.717, 1.165) is 36.3 Å². The number of nitrogens with two attached hydrogens (primary N) is 1. The SMILES string of the molecule is Cc1cccc(F)c1N1Cc2cnc(N)cc2N(C2CCN(C)C2)C1=O. The molecule has 0 aliphatic carbocycles. The molecule has 1 atom stereocenters. The number of para-hydroxylation sites is 1. The van der Waals surface area contributed by atoms with E-state index in [0.29, 0.717) is 11.5 Å². The van der Waals surface area contributed by atoms with E-state index >= 15 is 0 Å². The van der Waals surface area contributed by atoms with Crippen molar-refractivity contribution in [3.8, 4) is 0 Å². The number of nitrogen functional groups attached to an aromatic ring is 1. The lowest BCUT2D eigenvalue weighted by molar-refractivity contribution is 0.247. The first kappa shape index (κ1) is 16.8. The Bertz CT molecular complexity index is 851. The van der Waals surface area contributed by atoms with Crippen LogP contribution in [0.1, 0.15) is 17.5 Å². The summed E-state index contributed by atoms with van der Waals surface area (Å²) in [6.07, 6.45) is 2.56. The lowest BCUT2D eigenvalue weighted by atomic mass is 10.1. The van der Waals surface area contributed by atoms with Crippen molar-refractivity contribution in [3.63, 3.8) is 0 Å². The Morgan fingerprint density at radius 2 is 2.15 bits per heavy atom. The van der Waals surface area contributed by atoms with E-state index in [1.807, 2.05) is 20.0 Å². The number of rotatable bonds is 2. The zero-order valence-electron chi connectivity index (χ0n) is 14.9. The summed E-state index contributed by atoms with van der Waals surface area (Å²) in [7, 11) is 2.04. The Labute approximate surface area is 152 Å². The molecule has 7 heteroatoms. The van der Waals surface area contributed by atoms with E-state index in [-0.39, 0.29) is 18.6 Å². The number of carbonyl (C=O) groups excluding carboxylic acids is 1. The Balaban J connectivity index is 1.83. The fraction of sp³-hybridized carbons (Fsp3) is 0.368. The van der Waals surface area contributed by atoms with Crippen molar-refractivity contribution in [2.75, 3.05) is 35.7 Å². The van der Waals surface area contributed by atoms with Crippen molar-refractivity contribution in [1.29, 1.82) is 0 Å². The second kappa shape index (κ2) is 6.25. The zero-order chi connectivity index (χ0) is 18.4. The molecule has 1 aromatic carbocycles. The van der Waals surface area contributed by atoms with Crippen LogP contribution in [0.4, 0.5) is 26.4 Å². The number of anilines is 3. The summed E-state index contributed by atoms with van der Waals surface area (Å²) in [5.41, 5.74) is 8.59. The molecule has 0 bridgehead atoms. The van der Waals surface area contributed by atoms with Crippen LogP contribution >= 0.6 is 0 Å². The number of fused-ring (bicyclic) bond motifs is 1. The van der Waals surface area contributed by atoms with Crippen LogP contribution in [0.15, 0.2) is 30.5 Å². The number of amides is 2. The molecule has 6 nitrogen and oxygen atoms in total. The molecule has 2 aromatic rings. The molecule has 0 spiro atoms. The van der Waals surface area contributed by atoms with Gasteiger partial charge in [-0.2, -0.15) is 0 Å². The van der Waals surface area contributed by atoms with E-state index < -0.39 is 5.82 Å². The number of likely N-dealkylation sites (N-methyl/N-ethyl adjacent to an activating group) is 1. The van der Waals surface area contributed by atoms with Gasteiger partial charge in [-0.05, 0) is 38.6 Å². The highest BCUT2D eigenvalue weighted by Crippen LogP contribution is 2.37. The van der Waals surface area contributed by atoms with Gasteiger partial charge in [0.15, 0.2) is 0 Å². The normalized spacial score (nSPS) is 20.6. The fourth-order valence-electron chi connectivity index (χ4n) is 3.92. The number of hydrogen-bond acceptors (Lipinski definition) is 4. The molecule has 1 fully saturated rings. The number of pyridine rings is 1. The molecule has 1 aromatic heterocycles. The Hall–Kier alpha value is -2.67. The maximum Gasteiger partial charge on any atom is 0.329 e. The molecule has 2 aliphatic rings. The zero-order valence-corrected chi connectivity index (χ0v) is 14.9. The van der Waals surface area contributed by atoms with E-state index in [2.05, 4.69) is 9.88 Å². The van der Waals surface area contributed by atoms with Gasteiger partial charge in [0.25, 0.3) is 0 Å². The molecule has 2 amide bonds. The van der Waals surface area contributed by atoms with Crippen LogP contribution in [0.5, 0.6) is 0 Å². The number of likely N-dealkylation sites (tertiary alicyclic amines) is 1. The Morgan fingerprint density at radius 3 is 2.85 bits per heavy atom. The molecule has 4 rings (SSSR count). The third-order valence-electron chi connectivity index (χ3n) is 5.20. The predicted molar refractivity (Wildman–Crippen MR) is 99.7 cm³/mol. The summed E-state index contributed by atoms with van der Waals surface area (Å²) in [4.78, 5) is 23.1. The lowest BCUT2D eigenvalue weighted by Gasteiger charge is -2.40. The van der Waals surface area contributed by atoms with Crippen LogP contribution in [-0.4, -0.2) is 42.1 Å². The second-order valence-electron chi connectivity index (χ2n) is 7.09. The Morgan fingerprint density at radius 1 is 1.35 bits per heavy atom. The lowest BCUT2D eigenvalue weighted by Crippen LogP contribution is -2.53. The largest absolute Gasteiger partial charge is 0.384 e. The molecule has 1 unspecified atom stereocenters. The molecule has 3 heterocycles. The summed E-state index contributed by atoms with van der Waals surface area (Å²) in [6, 6.07) is 6.43. The van der Waals surface area contributed by atoms with E-state index in [1.54, 1.807) is 23.2 Å². The van der Waals surface area contributed by atoms with Gasteiger partial charge >= 0.3 is 6.03 Å². The highest BCUT2D eigenvalue weighted by molar-refractivity contribution is 6.07. The molecular formula is C19H22FN5O. The van der Waals surface area contributed by atoms with Crippen molar-refractivity contribution < 1.29 is 9.18 Å². The number of halogens is 1. The summed E-state index contributed by atoms with van der Waals surface area (Å²) in [5.74, 6) is -0.0166. The third-order valence-corrected chi connectivity index (χ3v) is 5.20. The van der Waals surface area contributed by atoms with E-state index in [1.165, 1.54) is 11.0 Å². The van der Waals surface area contributed by atoms with Gasteiger partial charge in [-0.1, -0.05) is 12.1 Å². The standard InChI is InChI=1S/C19H22FN5O/c1-12-4-3-5-15(20)18(12)24-10-13-9-22-17(21)8-16(13)25(19(24)26)14-6-7-23(2)11-14/h3-5,8-9,14H,6-7,10-11H2,1-2H3,(H2,21,22). The summed E-state index contributed by atoms with van der Waals surface area (Å²) in [6.45, 7) is 3.79. The highest BCUT2D eigenvalue weighted by atomic mass is 19.1. The molecule has 26 heavy (non-hydrogen) atoms. The van der Waals surface area contributed by atoms with Crippen LogP contribution in [0, 0.1) is 12.7 Å². The maximum atomic E-state index is 14.6. The van der Waals surface area contributed by atoms with Gasteiger partial charge in [-0.25, -0.2) is 14.2 Å². The van der Waals surface area contributed by atoms with E-state index in [9.17, 15) is 9.18 Å². The van der Waals surface area contributed by atoms with Crippen LogP contribution in [0.25, 0.3) is 0 Å². The first-order chi connectivity index (χ1) is 12.5. The first-order valence-corrected chi connectivity index (χ1v) is 8.74. The molecule has 0 saturated carbocycles. The number of urea groups is 1. The minimum atomic E-state index is -0.395. The average molecular weight is 355 g/mol. The fourth-order valence-corrected chi connectivity index (χ4v) is 3.92. The van der Waals surface area contributed by atoms with Gasteiger partial charge < -0.3 is 10.6 Å². The third kappa shape index (κ3) is 2.68. The summed E-state index contributed by atoms with van der Waals surface area (Å²) in [5, 5.41) is 0. The number of nitrogens with zero attached hydrogens (tertiary/aromatic N) is 4. The molecule has 136 valence electrons. The smallest absolute Gasteiger partial charge is 0.329 e. The minimum Gasteiger partial charge on any atom is -0.384 e. The highest BCUT2D eigenvalue weighted by Gasteiger charge is 2.39. The van der Waals surface area contributed by atoms with Crippen molar-refractivity contribution >= 4 is 23.2 Å². The van der Waals surface area contributed by atoms with Gasteiger partial charge in [0.05, 0.1) is 24.0 Å². The van der Waals surface area contributed by atoms with Crippen molar-refractivity contribution in [2.45, 2.75) is 25.9 Å².